The summed E-state index contributed by atoms with van der Waals surface area (Å²) in [6.07, 6.45) is 1.47. The molecule has 0 aliphatic rings. The molecule has 7 heteroatoms. The number of aromatic nitrogens is 5. The largest absolute Gasteiger partial charge is 0.393 e. The molecular formula is C18H17N7. The van der Waals surface area contributed by atoms with Gasteiger partial charge < -0.3 is 11.1 Å². The zero-order chi connectivity index (χ0) is 17.4. The van der Waals surface area contributed by atoms with Gasteiger partial charge >= 0.3 is 0 Å². The first-order valence-electron chi connectivity index (χ1n) is 7.88. The van der Waals surface area contributed by atoms with Crippen molar-refractivity contribution in [2.24, 2.45) is 0 Å². The highest BCUT2D eigenvalue weighted by Gasteiger charge is 2.14. The standard InChI is InChI=1S/C18H17N7/c1-11-7-12(2)9-13(8-11)22-17-16(19)18(21-10-20-17)25-15-6-4-3-5-14(15)23-24-25/h3-10H,19H2,1-2H3,(H,20,21,22). The number of nitrogens with zero attached hydrogens (tertiary/aromatic N) is 5. The van der Waals surface area contributed by atoms with E-state index in [2.05, 4.69) is 45.5 Å². The minimum absolute atomic E-state index is 0.414. The lowest BCUT2D eigenvalue weighted by atomic mass is 10.1. The van der Waals surface area contributed by atoms with Gasteiger partial charge in [-0.3, -0.25) is 0 Å². The molecule has 0 radical (unpaired) electrons. The minimum Gasteiger partial charge on any atom is -0.393 e. The van der Waals surface area contributed by atoms with Gasteiger partial charge in [0.15, 0.2) is 11.6 Å². The molecule has 0 aliphatic heterocycles. The average Bonchev–Trinajstić information content (AvgIpc) is 3.00. The van der Waals surface area contributed by atoms with Crippen molar-refractivity contribution in [1.82, 2.24) is 25.0 Å². The molecule has 0 aliphatic carbocycles. The van der Waals surface area contributed by atoms with Crippen LogP contribution >= 0.6 is 0 Å². The molecule has 4 rings (SSSR count). The van der Waals surface area contributed by atoms with Gasteiger partial charge in [0.1, 0.15) is 17.5 Å². The van der Waals surface area contributed by atoms with E-state index in [0.717, 1.165) is 27.8 Å². The Labute approximate surface area is 144 Å². The van der Waals surface area contributed by atoms with Gasteiger partial charge in [-0.2, -0.15) is 4.68 Å². The summed E-state index contributed by atoms with van der Waals surface area (Å²) in [6.45, 7) is 4.10. The summed E-state index contributed by atoms with van der Waals surface area (Å²) in [4.78, 5) is 8.57. The van der Waals surface area contributed by atoms with Crippen molar-refractivity contribution >= 4 is 28.2 Å². The molecule has 4 aromatic rings. The van der Waals surface area contributed by atoms with Crippen molar-refractivity contribution in [3.8, 4) is 5.82 Å². The second kappa shape index (κ2) is 5.86. The molecule has 0 amide bonds. The molecule has 0 saturated carbocycles. The quantitative estimate of drug-likeness (QED) is 0.599. The lowest BCUT2D eigenvalue weighted by Gasteiger charge is -2.12. The van der Waals surface area contributed by atoms with Gasteiger partial charge in [0.05, 0.1) is 5.52 Å². The maximum Gasteiger partial charge on any atom is 0.184 e. The fourth-order valence-electron chi connectivity index (χ4n) is 2.86. The van der Waals surface area contributed by atoms with E-state index in [1.807, 2.05) is 36.4 Å². The smallest absolute Gasteiger partial charge is 0.184 e. The Morgan fingerprint density at radius 1 is 1.00 bits per heavy atom. The number of hydrogen-bond acceptors (Lipinski definition) is 6. The van der Waals surface area contributed by atoms with Crippen LogP contribution in [0.1, 0.15) is 11.1 Å². The Morgan fingerprint density at radius 2 is 1.76 bits per heavy atom. The fourth-order valence-corrected chi connectivity index (χ4v) is 2.86. The molecule has 124 valence electrons. The van der Waals surface area contributed by atoms with Crippen LogP contribution in [-0.4, -0.2) is 25.0 Å². The summed E-state index contributed by atoms with van der Waals surface area (Å²) in [5, 5.41) is 11.6. The van der Waals surface area contributed by atoms with E-state index in [1.54, 1.807) is 4.68 Å². The monoisotopic (exact) mass is 331 g/mol. The van der Waals surface area contributed by atoms with Crippen LogP contribution < -0.4 is 11.1 Å². The third kappa shape index (κ3) is 2.76. The van der Waals surface area contributed by atoms with Crippen LogP contribution in [-0.2, 0) is 0 Å². The number of benzene rings is 2. The lowest BCUT2D eigenvalue weighted by Crippen LogP contribution is -2.08. The second-order valence-corrected chi connectivity index (χ2v) is 5.95. The first-order valence-corrected chi connectivity index (χ1v) is 7.88. The number of fused-ring (bicyclic) bond motifs is 1. The highest BCUT2D eigenvalue weighted by molar-refractivity contribution is 5.80. The number of hydrogen-bond donors (Lipinski definition) is 2. The van der Waals surface area contributed by atoms with Crippen LogP contribution in [0.15, 0.2) is 48.8 Å². The van der Waals surface area contributed by atoms with E-state index in [1.165, 1.54) is 6.33 Å². The zero-order valence-corrected chi connectivity index (χ0v) is 13.9. The van der Waals surface area contributed by atoms with Gasteiger partial charge in [0, 0.05) is 5.69 Å². The topological polar surface area (TPSA) is 94.5 Å². The molecule has 0 unspecified atom stereocenters. The maximum atomic E-state index is 6.31. The van der Waals surface area contributed by atoms with E-state index in [9.17, 15) is 0 Å². The Morgan fingerprint density at radius 3 is 2.56 bits per heavy atom. The van der Waals surface area contributed by atoms with Crippen LogP contribution in [0, 0.1) is 13.8 Å². The Kier molecular flexibility index (Phi) is 3.53. The van der Waals surface area contributed by atoms with Crippen molar-refractivity contribution in [2.75, 3.05) is 11.1 Å². The number of para-hydroxylation sites is 1. The van der Waals surface area contributed by atoms with Gasteiger partial charge in [0.25, 0.3) is 0 Å². The van der Waals surface area contributed by atoms with E-state index in [-0.39, 0.29) is 0 Å². The normalized spacial score (nSPS) is 11.0. The molecule has 2 aromatic heterocycles. The number of nitrogen functional groups attached to an aromatic ring is 1. The SMILES string of the molecule is Cc1cc(C)cc(Nc2ncnc(-n3nnc4ccccc43)c2N)c1. The maximum absolute atomic E-state index is 6.31. The molecule has 0 bridgehead atoms. The number of nitrogens with two attached hydrogens (primary N) is 1. The van der Waals surface area contributed by atoms with Crippen molar-refractivity contribution in [2.45, 2.75) is 13.8 Å². The highest BCUT2D eigenvalue weighted by atomic mass is 15.4. The van der Waals surface area contributed by atoms with E-state index in [4.69, 9.17) is 5.73 Å². The van der Waals surface area contributed by atoms with Crippen molar-refractivity contribution in [3.63, 3.8) is 0 Å². The molecule has 0 saturated heterocycles. The highest BCUT2D eigenvalue weighted by Crippen LogP contribution is 2.27. The Bertz CT molecular complexity index is 1050. The molecular weight excluding hydrogens is 314 g/mol. The van der Waals surface area contributed by atoms with Crippen molar-refractivity contribution < 1.29 is 0 Å². The summed E-state index contributed by atoms with van der Waals surface area (Å²) in [5.74, 6) is 1.03. The first-order chi connectivity index (χ1) is 12.1. The Hall–Kier alpha value is -3.48. The van der Waals surface area contributed by atoms with E-state index >= 15 is 0 Å². The molecule has 0 fully saturated rings. The molecule has 2 heterocycles. The first kappa shape index (κ1) is 15.1. The third-order valence-electron chi connectivity index (χ3n) is 3.90. The van der Waals surface area contributed by atoms with Gasteiger partial charge in [-0.25, -0.2) is 9.97 Å². The number of anilines is 3. The predicted molar refractivity (Wildman–Crippen MR) is 98.1 cm³/mol. The van der Waals surface area contributed by atoms with Gasteiger partial charge in [-0.15, -0.1) is 5.10 Å². The third-order valence-corrected chi connectivity index (χ3v) is 3.90. The fraction of sp³-hybridized carbons (Fsp3) is 0.111. The molecule has 0 atom stereocenters. The minimum atomic E-state index is 0.414. The van der Waals surface area contributed by atoms with E-state index < -0.39 is 0 Å². The lowest BCUT2D eigenvalue weighted by molar-refractivity contribution is 0.800. The van der Waals surface area contributed by atoms with E-state index in [0.29, 0.717) is 17.3 Å². The number of aryl methyl sites for hydroxylation is 2. The molecule has 25 heavy (non-hydrogen) atoms. The van der Waals surface area contributed by atoms with Crippen LogP contribution in [0.3, 0.4) is 0 Å². The number of nitrogens with one attached hydrogen (secondary N) is 1. The summed E-state index contributed by atoms with van der Waals surface area (Å²) in [7, 11) is 0. The zero-order valence-electron chi connectivity index (χ0n) is 13.9. The predicted octanol–water partition coefficient (Wildman–Crippen LogP) is 3.15. The van der Waals surface area contributed by atoms with Crippen molar-refractivity contribution in [1.29, 1.82) is 0 Å². The summed E-state index contributed by atoms with van der Waals surface area (Å²) < 4.78 is 1.62. The van der Waals surface area contributed by atoms with Gasteiger partial charge in [-0.1, -0.05) is 23.4 Å². The molecule has 3 N–H and O–H groups in total. The van der Waals surface area contributed by atoms with Crippen LogP contribution in [0.25, 0.3) is 16.9 Å². The Balaban J connectivity index is 1.78. The summed E-state index contributed by atoms with van der Waals surface area (Å²) in [5.41, 5.74) is 11.6. The van der Waals surface area contributed by atoms with Crippen LogP contribution in [0.5, 0.6) is 0 Å². The second-order valence-electron chi connectivity index (χ2n) is 5.95. The molecule has 0 spiro atoms. The summed E-state index contributed by atoms with van der Waals surface area (Å²) >= 11 is 0. The molecule has 2 aromatic carbocycles. The number of rotatable bonds is 3. The average molecular weight is 331 g/mol. The van der Waals surface area contributed by atoms with Gasteiger partial charge in [0.2, 0.25) is 0 Å². The van der Waals surface area contributed by atoms with Crippen LogP contribution in [0.2, 0.25) is 0 Å². The van der Waals surface area contributed by atoms with Crippen molar-refractivity contribution in [3.05, 3.63) is 59.9 Å². The van der Waals surface area contributed by atoms with Crippen LogP contribution in [0.4, 0.5) is 17.2 Å². The summed E-state index contributed by atoms with van der Waals surface area (Å²) in [6, 6.07) is 13.9. The van der Waals surface area contributed by atoms with Gasteiger partial charge in [-0.05, 0) is 49.2 Å². The molecule has 7 nitrogen and oxygen atoms in total.